The molecule has 0 saturated carbocycles. The number of hydrogen-bond acceptors (Lipinski definition) is 5. The van der Waals surface area contributed by atoms with Crippen LogP contribution in [-0.4, -0.2) is 53.7 Å². The molecule has 1 unspecified atom stereocenters. The van der Waals surface area contributed by atoms with Crippen LogP contribution in [0.2, 0.25) is 0 Å². The number of rotatable bonds is 3. The van der Waals surface area contributed by atoms with Gasteiger partial charge in [-0.05, 0) is 39.2 Å². The van der Waals surface area contributed by atoms with Crippen LogP contribution < -0.4 is 9.64 Å². The summed E-state index contributed by atoms with van der Waals surface area (Å²) >= 11 is 0. The van der Waals surface area contributed by atoms with Crippen LogP contribution >= 0.6 is 0 Å². The van der Waals surface area contributed by atoms with Gasteiger partial charge in [0.2, 0.25) is 11.8 Å². The van der Waals surface area contributed by atoms with Crippen molar-refractivity contribution in [1.29, 1.82) is 0 Å². The molecule has 1 aromatic rings. The Morgan fingerprint density at radius 2 is 2.00 bits per heavy atom. The van der Waals surface area contributed by atoms with Crippen molar-refractivity contribution >= 4 is 5.95 Å². The molecule has 0 bridgehead atoms. The molecule has 3 rings (SSSR count). The van der Waals surface area contributed by atoms with Crippen molar-refractivity contribution in [3.05, 3.63) is 12.3 Å². The zero-order valence-corrected chi connectivity index (χ0v) is 12.5. The van der Waals surface area contributed by atoms with E-state index in [9.17, 15) is 0 Å². The second-order valence-corrected chi connectivity index (χ2v) is 5.85. The fourth-order valence-corrected chi connectivity index (χ4v) is 3.49. The summed E-state index contributed by atoms with van der Waals surface area (Å²) in [7, 11) is 1.65. The van der Waals surface area contributed by atoms with Crippen molar-refractivity contribution in [2.75, 3.05) is 31.6 Å². The van der Waals surface area contributed by atoms with Crippen LogP contribution in [0.25, 0.3) is 0 Å². The van der Waals surface area contributed by atoms with Crippen LogP contribution in [0.1, 0.15) is 32.6 Å². The zero-order chi connectivity index (χ0) is 13.9. The van der Waals surface area contributed by atoms with Gasteiger partial charge in [0.1, 0.15) is 0 Å². The van der Waals surface area contributed by atoms with Crippen molar-refractivity contribution in [1.82, 2.24) is 14.9 Å². The minimum atomic E-state index is 0.644. The van der Waals surface area contributed by atoms with E-state index in [1.807, 2.05) is 0 Å². The quantitative estimate of drug-likeness (QED) is 0.844. The van der Waals surface area contributed by atoms with Crippen LogP contribution in [0.5, 0.6) is 5.88 Å². The van der Waals surface area contributed by atoms with E-state index in [1.54, 1.807) is 19.4 Å². The van der Waals surface area contributed by atoms with Crippen molar-refractivity contribution in [3.63, 3.8) is 0 Å². The van der Waals surface area contributed by atoms with Gasteiger partial charge in [-0.15, -0.1) is 0 Å². The predicted octanol–water partition coefficient (Wildman–Crippen LogP) is 1.94. The summed E-state index contributed by atoms with van der Waals surface area (Å²) in [6, 6.07) is 3.30. The van der Waals surface area contributed by atoms with Crippen molar-refractivity contribution in [2.24, 2.45) is 0 Å². The first-order valence-electron chi connectivity index (χ1n) is 7.65. The van der Waals surface area contributed by atoms with Gasteiger partial charge in [-0.25, -0.2) is 4.98 Å². The van der Waals surface area contributed by atoms with E-state index in [0.717, 1.165) is 31.1 Å². The van der Waals surface area contributed by atoms with E-state index >= 15 is 0 Å². The molecule has 0 radical (unpaired) electrons. The lowest BCUT2D eigenvalue weighted by Crippen LogP contribution is -2.46. The summed E-state index contributed by atoms with van der Waals surface area (Å²) in [5.74, 6) is 1.45. The van der Waals surface area contributed by atoms with Gasteiger partial charge < -0.3 is 9.64 Å². The summed E-state index contributed by atoms with van der Waals surface area (Å²) in [4.78, 5) is 13.8. The fraction of sp³-hybridized carbons (Fsp3) is 0.733. The Kier molecular flexibility index (Phi) is 4.05. The average molecular weight is 276 g/mol. The summed E-state index contributed by atoms with van der Waals surface area (Å²) < 4.78 is 5.18. The fourth-order valence-electron chi connectivity index (χ4n) is 3.49. The first-order valence-corrected chi connectivity index (χ1v) is 7.65. The lowest BCUT2D eigenvalue weighted by atomic mass is 10.0. The molecule has 1 atom stereocenters. The molecule has 2 fully saturated rings. The number of hydrogen-bond donors (Lipinski definition) is 0. The Labute approximate surface area is 121 Å². The number of piperidine rings is 1. The van der Waals surface area contributed by atoms with Gasteiger partial charge in [0.15, 0.2) is 0 Å². The minimum Gasteiger partial charge on any atom is -0.481 e. The Balaban J connectivity index is 1.60. The molecule has 0 N–H and O–H groups in total. The Bertz CT molecular complexity index is 445. The molecule has 0 aliphatic carbocycles. The molecular weight excluding hydrogens is 252 g/mol. The molecule has 110 valence electrons. The predicted molar refractivity (Wildman–Crippen MR) is 79.2 cm³/mol. The number of ether oxygens (including phenoxy) is 1. The molecule has 1 aromatic heterocycles. The van der Waals surface area contributed by atoms with E-state index in [0.29, 0.717) is 5.88 Å². The van der Waals surface area contributed by atoms with E-state index in [4.69, 9.17) is 4.74 Å². The lowest BCUT2D eigenvalue weighted by Gasteiger charge is -2.38. The number of likely N-dealkylation sites (tertiary alicyclic amines) is 1. The summed E-state index contributed by atoms with van der Waals surface area (Å²) in [6.45, 7) is 5.73. The molecule has 0 aromatic carbocycles. The molecular formula is C15H24N4O. The molecule has 2 aliphatic heterocycles. The monoisotopic (exact) mass is 276 g/mol. The van der Waals surface area contributed by atoms with Crippen LogP contribution in [-0.2, 0) is 0 Å². The highest BCUT2D eigenvalue weighted by atomic mass is 16.5. The highest BCUT2D eigenvalue weighted by Gasteiger charge is 2.31. The van der Waals surface area contributed by atoms with Crippen LogP contribution in [0.4, 0.5) is 5.95 Å². The van der Waals surface area contributed by atoms with Crippen LogP contribution in [0.3, 0.4) is 0 Å². The Morgan fingerprint density at radius 1 is 1.20 bits per heavy atom. The zero-order valence-electron chi connectivity index (χ0n) is 12.5. The Morgan fingerprint density at radius 3 is 2.65 bits per heavy atom. The minimum absolute atomic E-state index is 0.644. The van der Waals surface area contributed by atoms with Crippen LogP contribution in [0, 0.1) is 0 Å². The molecule has 0 spiro atoms. The number of anilines is 1. The van der Waals surface area contributed by atoms with Gasteiger partial charge in [-0.2, -0.15) is 4.98 Å². The van der Waals surface area contributed by atoms with Gasteiger partial charge in [0, 0.05) is 37.4 Å². The van der Waals surface area contributed by atoms with Crippen LogP contribution in [0.15, 0.2) is 12.3 Å². The van der Waals surface area contributed by atoms with Crippen molar-refractivity contribution < 1.29 is 4.74 Å². The number of aromatic nitrogens is 2. The third kappa shape index (κ3) is 2.73. The second kappa shape index (κ2) is 5.95. The average Bonchev–Trinajstić information content (AvgIpc) is 2.94. The molecule has 20 heavy (non-hydrogen) atoms. The third-order valence-corrected chi connectivity index (χ3v) is 4.65. The SMILES string of the molecule is COc1ccnc(N2CCC(N3CCCC3C)CC2)n1. The molecule has 2 aliphatic rings. The summed E-state index contributed by atoms with van der Waals surface area (Å²) in [5, 5.41) is 0. The standard InChI is InChI=1S/C15H24N4O/c1-12-4-3-9-19(12)13-6-10-18(11-7-13)15-16-8-5-14(17-15)20-2/h5,8,12-13H,3-4,6-7,9-11H2,1-2H3. The van der Waals surface area contributed by atoms with E-state index < -0.39 is 0 Å². The van der Waals surface area contributed by atoms with Gasteiger partial charge in [0.25, 0.3) is 0 Å². The van der Waals surface area contributed by atoms with Gasteiger partial charge in [0.05, 0.1) is 7.11 Å². The molecule has 5 nitrogen and oxygen atoms in total. The Hall–Kier alpha value is -1.36. The maximum Gasteiger partial charge on any atom is 0.228 e. The van der Waals surface area contributed by atoms with Gasteiger partial charge >= 0.3 is 0 Å². The van der Waals surface area contributed by atoms with Gasteiger partial charge in [-0.1, -0.05) is 0 Å². The molecule has 0 amide bonds. The topological polar surface area (TPSA) is 41.5 Å². The number of nitrogens with zero attached hydrogens (tertiary/aromatic N) is 4. The highest BCUT2D eigenvalue weighted by molar-refractivity contribution is 5.32. The molecule has 2 saturated heterocycles. The van der Waals surface area contributed by atoms with Gasteiger partial charge in [-0.3, -0.25) is 4.90 Å². The van der Waals surface area contributed by atoms with E-state index in [-0.39, 0.29) is 0 Å². The highest BCUT2D eigenvalue weighted by Crippen LogP contribution is 2.27. The van der Waals surface area contributed by atoms with Crippen molar-refractivity contribution in [3.8, 4) is 5.88 Å². The summed E-state index contributed by atoms with van der Waals surface area (Å²) in [5.41, 5.74) is 0. The smallest absolute Gasteiger partial charge is 0.228 e. The largest absolute Gasteiger partial charge is 0.481 e. The van der Waals surface area contributed by atoms with E-state index in [2.05, 4.69) is 26.7 Å². The van der Waals surface area contributed by atoms with Crippen molar-refractivity contribution in [2.45, 2.75) is 44.7 Å². The van der Waals surface area contributed by atoms with E-state index in [1.165, 1.54) is 32.2 Å². The maximum absolute atomic E-state index is 5.18. The number of methoxy groups -OCH3 is 1. The normalized spacial score (nSPS) is 25.1. The second-order valence-electron chi connectivity index (χ2n) is 5.85. The molecule has 3 heterocycles. The summed E-state index contributed by atoms with van der Waals surface area (Å²) in [6.07, 6.45) is 6.92. The maximum atomic E-state index is 5.18. The molecule has 5 heteroatoms. The lowest BCUT2D eigenvalue weighted by molar-refractivity contribution is 0.163. The third-order valence-electron chi connectivity index (χ3n) is 4.65. The first-order chi connectivity index (χ1) is 9.78. The first kappa shape index (κ1) is 13.6.